The quantitative estimate of drug-likeness (QED) is 0.584. The number of allylic oxidation sites excluding steroid dienone is 7. The molecule has 0 N–H and O–H groups in total. The molecule has 0 fully saturated rings. The Morgan fingerprint density at radius 1 is 1.13 bits per heavy atom. The Balaban J connectivity index is 4.74. The minimum atomic E-state index is -1.30. The largest absolute Gasteiger partial charge is 0.239 e. The molecule has 0 heterocycles. The molecule has 0 saturated carbocycles. The van der Waals surface area contributed by atoms with Crippen molar-refractivity contribution in [1.29, 1.82) is 0 Å². The van der Waals surface area contributed by atoms with Crippen LogP contribution in [0.1, 0.15) is 34.6 Å². The first-order chi connectivity index (χ1) is 6.82. The van der Waals surface area contributed by atoms with Crippen LogP contribution in [0.15, 0.2) is 47.6 Å². The highest BCUT2D eigenvalue weighted by atomic mass is 19.1. The molecular weight excluding hydrogens is 187 g/mol. The molecule has 0 bridgehead atoms. The first-order valence-electron chi connectivity index (χ1n) is 5.19. The van der Waals surface area contributed by atoms with Crippen molar-refractivity contribution in [2.24, 2.45) is 0 Å². The summed E-state index contributed by atoms with van der Waals surface area (Å²) in [6.07, 6.45) is 7.42. The van der Waals surface area contributed by atoms with Crippen LogP contribution in [0.3, 0.4) is 0 Å². The van der Waals surface area contributed by atoms with Gasteiger partial charge in [-0.05, 0) is 51.3 Å². The number of alkyl halides is 1. The fraction of sp³-hybridized carbons (Fsp3) is 0.429. The lowest BCUT2D eigenvalue weighted by Gasteiger charge is -2.15. The minimum Gasteiger partial charge on any atom is -0.239 e. The molecule has 0 radical (unpaired) electrons. The third-order valence-electron chi connectivity index (χ3n) is 2.40. The highest BCUT2D eigenvalue weighted by molar-refractivity contribution is 5.40. The third kappa shape index (κ3) is 4.78. The maximum atomic E-state index is 13.6. The Labute approximate surface area is 92.9 Å². The Bertz CT molecular complexity index is 309. The minimum absolute atomic E-state index is 0.674. The van der Waals surface area contributed by atoms with Crippen molar-refractivity contribution in [3.63, 3.8) is 0 Å². The normalized spacial score (nSPS) is 14.8. The fourth-order valence-corrected chi connectivity index (χ4v) is 1.14. The van der Waals surface area contributed by atoms with E-state index in [-0.39, 0.29) is 0 Å². The van der Waals surface area contributed by atoms with Crippen molar-refractivity contribution in [3.05, 3.63) is 47.6 Å². The van der Waals surface area contributed by atoms with Gasteiger partial charge in [0.2, 0.25) is 0 Å². The molecule has 1 heteroatoms. The van der Waals surface area contributed by atoms with E-state index in [0.29, 0.717) is 5.57 Å². The molecule has 0 saturated heterocycles. The molecule has 0 nitrogen and oxygen atoms in total. The van der Waals surface area contributed by atoms with E-state index in [1.807, 2.05) is 32.9 Å². The summed E-state index contributed by atoms with van der Waals surface area (Å²) >= 11 is 0. The summed E-state index contributed by atoms with van der Waals surface area (Å²) in [5, 5.41) is 0. The molecule has 0 amide bonds. The number of rotatable bonds is 4. The van der Waals surface area contributed by atoms with Crippen molar-refractivity contribution in [1.82, 2.24) is 0 Å². The molecule has 0 aliphatic carbocycles. The van der Waals surface area contributed by atoms with E-state index < -0.39 is 5.67 Å². The van der Waals surface area contributed by atoms with Crippen LogP contribution < -0.4 is 0 Å². The second-order valence-electron chi connectivity index (χ2n) is 4.05. The zero-order valence-corrected chi connectivity index (χ0v) is 10.4. The molecule has 0 atom stereocenters. The van der Waals surface area contributed by atoms with Crippen molar-refractivity contribution < 1.29 is 4.39 Å². The molecule has 0 aliphatic heterocycles. The summed E-state index contributed by atoms with van der Waals surface area (Å²) in [4.78, 5) is 0. The Morgan fingerprint density at radius 3 is 2.00 bits per heavy atom. The van der Waals surface area contributed by atoms with Gasteiger partial charge >= 0.3 is 0 Å². The molecule has 0 aromatic rings. The van der Waals surface area contributed by atoms with Gasteiger partial charge in [0.25, 0.3) is 0 Å². The van der Waals surface area contributed by atoms with Crippen LogP contribution in [0.2, 0.25) is 0 Å². The van der Waals surface area contributed by atoms with Crippen molar-refractivity contribution >= 4 is 0 Å². The smallest absolute Gasteiger partial charge is 0.130 e. The van der Waals surface area contributed by atoms with Crippen LogP contribution >= 0.6 is 0 Å². The Kier molecular flexibility index (Phi) is 5.27. The topological polar surface area (TPSA) is 0 Å². The zero-order chi connectivity index (χ0) is 12.1. The highest BCUT2D eigenvalue weighted by Crippen LogP contribution is 2.22. The van der Waals surface area contributed by atoms with Crippen molar-refractivity contribution in [3.8, 4) is 0 Å². The lowest BCUT2D eigenvalue weighted by atomic mass is 9.98. The summed E-state index contributed by atoms with van der Waals surface area (Å²) in [6.45, 7) is 12.8. The first-order valence-corrected chi connectivity index (χ1v) is 5.19. The summed E-state index contributed by atoms with van der Waals surface area (Å²) < 4.78 is 13.6. The summed E-state index contributed by atoms with van der Waals surface area (Å²) in [7, 11) is 0. The van der Waals surface area contributed by atoms with Gasteiger partial charge in [-0.15, -0.1) is 0 Å². The summed E-state index contributed by atoms with van der Waals surface area (Å²) in [6, 6.07) is 0. The first kappa shape index (κ1) is 13.9. The molecule has 0 spiro atoms. The lowest BCUT2D eigenvalue weighted by molar-refractivity contribution is 0.274. The van der Waals surface area contributed by atoms with Crippen LogP contribution in [0.5, 0.6) is 0 Å². The van der Waals surface area contributed by atoms with E-state index in [0.717, 1.165) is 11.1 Å². The third-order valence-corrected chi connectivity index (χ3v) is 2.40. The van der Waals surface area contributed by atoms with E-state index in [2.05, 4.69) is 6.58 Å². The maximum absolute atomic E-state index is 13.6. The standard InChI is InChI=1S/C14H21F/c1-7-11(3)12(4)9-10-13(8-2)14(5,6)15/h7-10H,4H2,1-3,5-6H3/b10-9-,11-7+,13-8+. The van der Waals surface area contributed by atoms with Crippen LogP contribution in [-0.2, 0) is 0 Å². The van der Waals surface area contributed by atoms with E-state index in [1.54, 1.807) is 26.0 Å². The van der Waals surface area contributed by atoms with Gasteiger partial charge in [0, 0.05) is 0 Å². The van der Waals surface area contributed by atoms with Crippen LogP contribution in [0, 0.1) is 0 Å². The predicted molar refractivity (Wildman–Crippen MR) is 66.7 cm³/mol. The predicted octanol–water partition coefficient (Wildman–Crippen LogP) is 4.76. The van der Waals surface area contributed by atoms with E-state index >= 15 is 0 Å². The van der Waals surface area contributed by atoms with Gasteiger partial charge in [0.15, 0.2) is 0 Å². The second kappa shape index (κ2) is 5.69. The molecule has 0 unspecified atom stereocenters. The van der Waals surface area contributed by atoms with Gasteiger partial charge in [0.05, 0.1) is 0 Å². The summed E-state index contributed by atoms with van der Waals surface area (Å²) in [5.41, 5.74) is 1.40. The molecular formula is C14H21F. The van der Waals surface area contributed by atoms with E-state index in [4.69, 9.17) is 0 Å². The SMILES string of the molecule is C=C(/C=C\C(=C/C)C(C)(C)F)/C(C)=C/C. The van der Waals surface area contributed by atoms with Gasteiger partial charge < -0.3 is 0 Å². The van der Waals surface area contributed by atoms with Crippen LogP contribution in [0.4, 0.5) is 4.39 Å². The van der Waals surface area contributed by atoms with Crippen molar-refractivity contribution in [2.45, 2.75) is 40.3 Å². The van der Waals surface area contributed by atoms with Crippen LogP contribution in [-0.4, -0.2) is 5.67 Å². The van der Waals surface area contributed by atoms with Gasteiger partial charge in [0.1, 0.15) is 5.67 Å². The number of hydrogen-bond donors (Lipinski definition) is 0. The van der Waals surface area contributed by atoms with Crippen LogP contribution in [0.25, 0.3) is 0 Å². The Morgan fingerprint density at radius 2 is 1.67 bits per heavy atom. The maximum Gasteiger partial charge on any atom is 0.130 e. The average molecular weight is 208 g/mol. The van der Waals surface area contributed by atoms with Crippen molar-refractivity contribution in [2.75, 3.05) is 0 Å². The van der Waals surface area contributed by atoms with Gasteiger partial charge in [-0.25, -0.2) is 4.39 Å². The average Bonchev–Trinajstić information content (AvgIpc) is 2.15. The number of halogens is 1. The summed E-state index contributed by atoms with van der Waals surface area (Å²) in [5.74, 6) is 0. The molecule has 0 aromatic heterocycles. The Hall–Kier alpha value is -1.11. The molecule has 15 heavy (non-hydrogen) atoms. The lowest BCUT2D eigenvalue weighted by Crippen LogP contribution is -2.13. The molecule has 0 aromatic carbocycles. The fourth-order valence-electron chi connectivity index (χ4n) is 1.14. The van der Waals surface area contributed by atoms with E-state index in [9.17, 15) is 4.39 Å². The molecule has 0 rings (SSSR count). The molecule has 84 valence electrons. The van der Waals surface area contributed by atoms with Gasteiger partial charge in [-0.1, -0.05) is 30.9 Å². The second-order valence-corrected chi connectivity index (χ2v) is 4.05. The molecule has 0 aliphatic rings. The zero-order valence-electron chi connectivity index (χ0n) is 10.4. The van der Waals surface area contributed by atoms with Gasteiger partial charge in [-0.3, -0.25) is 0 Å². The monoisotopic (exact) mass is 208 g/mol. The van der Waals surface area contributed by atoms with Gasteiger partial charge in [-0.2, -0.15) is 0 Å². The van der Waals surface area contributed by atoms with E-state index in [1.165, 1.54) is 0 Å². The highest BCUT2D eigenvalue weighted by Gasteiger charge is 2.18. The number of hydrogen-bond acceptors (Lipinski definition) is 0.